The average molecular weight is 245 g/mol. The van der Waals surface area contributed by atoms with Crippen molar-refractivity contribution in [3.8, 4) is 0 Å². The summed E-state index contributed by atoms with van der Waals surface area (Å²) in [7, 11) is 0. The number of aliphatic carboxylic acids is 1. The van der Waals surface area contributed by atoms with Gasteiger partial charge in [0.1, 0.15) is 6.10 Å². The van der Waals surface area contributed by atoms with Crippen LogP contribution in [0.1, 0.15) is 26.7 Å². The fourth-order valence-corrected chi connectivity index (χ4v) is 1.57. The lowest BCUT2D eigenvalue weighted by atomic mass is 10.1. The Hall–Kier alpha value is -1.14. The standard InChI is InChI=1S/C11H19NO5/c1-6(2)7(13)5-12-10(14)8-3-4-9(17-8)11(15)16/h6-9,13H,3-5H2,1-2H3,(H,12,14)(H,15,16). The molecule has 0 radical (unpaired) electrons. The Morgan fingerprint density at radius 3 is 2.41 bits per heavy atom. The van der Waals surface area contributed by atoms with E-state index in [1.54, 1.807) is 0 Å². The highest BCUT2D eigenvalue weighted by molar-refractivity contribution is 5.82. The van der Waals surface area contributed by atoms with E-state index >= 15 is 0 Å². The first-order valence-electron chi connectivity index (χ1n) is 5.76. The molecule has 1 aliphatic heterocycles. The van der Waals surface area contributed by atoms with Crippen molar-refractivity contribution in [2.45, 2.75) is 45.0 Å². The molecule has 17 heavy (non-hydrogen) atoms. The number of ether oxygens (including phenoxy) is 1. The van der Waals surface area contributed by atoms with Crippen LogP contribution in [0.4, 0.5) is 0 Å². The summed E-state index contributed by atoms with van der Waals surface area (Å²) in [6, 6.07) is 0. The number of nitrogens with one attached hydrogen (secondary N) is 1. The number of aliphatic hydroxyl groups excluding tert-OH is 1. The second-order valence-electron chi connectivity index (χ2n) is 4.59. The molecule has 0 saturated carbocycles. The summed E-state index contributed by atoms with van der Waals surface area (Å²) in [5.74, 6) is -1.33. The molecule has 1 rings (SSSR count). The third-order valence-corrected chi connectivity index (χ3v) is 2.84. The number of hydrogen-bond donors (Lipinski definition) is 3. The summed E-state index contributed by atoms with van der Waals surface area (Å²) in [5.41, 5.74) is 0. The van der Waals surface area contributed by atoms with Crippen LogP contribution >= 0.6 is 0 Å². The Morgan fingerprint density at radius 2 is 1.94 bits per heavy atom. The Balaban J connectivity index is 2.32. The first kappa shape index (κ1) is 13.9. The molecule has 1 fully saturated rings. The first-order valence-corrected chi connectivity index (χ1v) is 5.76. The fourth-order valence-electron chi connectivity index (χ4n) is 1.57. The molecule has 1 saturated heterocycles. The number of amides is 1. The van der Waals surface area contributed by atoms with Crippen molar-refractivity contribution in [2.24, 2.45) is 5.92 Å². The Labute approximate surface area is 100.0 Å². The molecule has 0 aromatic carbocycles. The monoisotopic (exact) mass is 245 g/mol. The zero-order valence-electron chi connectivity index (χ0n) is 10.0. The average Bonchev–Trinajstić information content (AvgIpc) is 2.74. The van der Waals surface area contributed by atoms with Gasteiger partial charge in [0.15, 0.2) is 6.10 Å². The van der Waals surface area contributed by atoms with Gasteiger partial charge in [-0.05, 0) is 18.8 Å². The van der Waals surface area contributed by atoms with E-state index in [4.69, 9.17) is 9.84 Å². The van der Waals surface area contributed by atoms with E-state index < -0.39 is 24.3 Å². The van der Waals surface area contributed by atoms with Gasteiger partial charge in [0.25, 0.3) is 0 Å². The largest absolute Gasteiger partial charge is 0.479 e. The number of carbonyl (C=O) groups is 2. The lowest BCUT2D eigenvalue weighted by Gasteiger charge is -2.17. The molecular weight excluding hydrogens is 226 g/mol. The summed E-state index contributed by atoms with van der Waals surface area (Å²) in [4.78, 5) is 22.2. The van der Waals surface area contributed by atoms with Crippen molar-refractivity contribution in [2.75, 3.05) is 6.54 Å². The summed E-state index contributed by atoms with van der Waals surface area (Å²) in [6.07, 6.45) is -1.45. The Kier molecular flexibility index (Phi) is 4.89. The lowest BCUT2D eigenvalue weighted by Crippen LogP contribution is -2.40. The van der Waals surface area contributed by atoms with Crippen LogP contribution in [0.2, 0.25) is 0 Å². The van der Waals surface area contributed by atoms with Crippen LogP contribution in [-0.4, -0.2) is 46.9 Å². The van der Waals surface area contributed by atoms with Crippen LogP contribution in [0.3, 0.4) is 0 Å². The van der Waals surface area contributed by atoms with Crippen molar-refractivity contribution < 1.29 is 24.5 Å². The van der Waals surface area contributed by atoms with Crippen molar-refractivity contribution in [1.29, 1.82) is 0 Å². The molecule has 1 amide bonds. The predicted octanol–water partition coefficient (Wildman–Crippen LogP) is -0.248. The van der Waals surface area contributed by atoms with Gasteiger partial charge in [-0.3, -0.25) is 4.79 Å². The van der Waals surface area contributed by atoms with E-state index in [1.165, 1.54) is 0 Å². The number of carbonyl (C=O) groups excluding carboxylic acids is 1. The zero-order valence-corrected chi connectivity index (χ0v) is 10.0. The first-order chi connectivity index (χ1) is 7.91. The topological polar surface area (TPSA) is 95.9 Å². The van der Waals surface area contributed by atoms with Gasteiger partial charge in [0.2, 0.25) is 5.91 Å². The molecule has 0 aliphatic carbocycles. The molecular formula is C11H19NO5. The minimum atomic E-state index is -1.04. The summed E-state index contributed by atoms with van der Waals surface area (Å²) >= 11 is 0. The summed E-state index contributed by atoms with van der Waals surface area (Å²) in [6.45, 7) is 3.86. The molecule has 3 unspecified atom stereocenters. The summed E-state index contributed by atoms with van der Waals surface area (Å²) < 4.78 is 5.08. The maximum Gasteiger partial charge on any atom is 0.332 e. The van der Waals surface area contributed by atoms with Crippen molar-refractivity contribution in [3.63, 3.8) is 0 Å². The SMILES string of the molecule is CC(C)C(O)CNC(=O)C1CCC(C(=O)O)O1. The predicted molar refractivity (Wildman–Crippen MR) is 59.4 cm³/mol. The van der Waals surface area contributed by atoms with Crippen molar-refractivity contribution in [1.82, 2.24) is 5.32 Å². The minimum Gasteiger partial charge on any atom is -0.479 e. The van der Waals surface area contributed by atoms with Gasteiger partial charge in [-0.1, -0.05) is 13.8 Å². The van der Waals surface area contributed by atoms with Gasteiger partial charge in [0, 0.05) is 6.54 Å². The lowest BCUT2D eigenvalue weighted by molar-refractivity contribution is -0.151. The van der Waals surface area contributed by atoms with Gasteiger partial charge >= 0.3 is 5.97 Å². The molecule has 1 heterocycles. The van der Waals surface area contributed by atoms with Crippen LogP contribution in [0, 0.1) is 5.92 Å². The van der Waals surface area contributed by atoms with Crippen LogP contribution in [-0.2, 0) is 14.3 Å². The van der Waals surface area contributed by atoms with Gasteiger partial charge in [-0.2, -0.15) is 0 Å². The zero-order chi connectivity index (χ0) is 13.0. The number of hydrogen-bond acceptors (Lipinski definition) is 4. The molecule has 0 spiro atoms. The highest BCUT2D eigenvalue weighted by Crippen LogP contribution is 2.19. The molecule has 6 heteroatoms. The molecule has 0 aromatic rings. The van der Waals surface area contributed by atoms with Gasteiger partial charge in [-0.25, -0.2) is 4.79 Å². The van der Waals surface area contributed by atoms with Crippen LogP contribution in [0.25, 0.3) is 0 Å². The van der Waals surface area contributed by atoms with E-state index in [0.717, 1.165) is 0 Å². The van der Waals surface area contributed by atoms with E-state index in [0.29, 0.717) is 12.8 Å². The minimum absolute atomic E-state index is 0.0616. The molecule has 3 N–H and O–H groups in total. The van der Waals surface area contributed by atoms with Gasteiger partial charge in [0.05, 0.1) is 6.10 Å². The van der Waals surface area contributed by atoms with E-state index in [2.05, 4.69) is 5.32 Å². The van der Waals surface area contributed by atoms with E-state index in [1.807, 2.05) is 13.8 Å². The normalized spacial score (nSPS) is 25.9. The van der Waals surface area contributed by atoms with E-state index in [-0.39, 0.29) is 18.4 Å². The molecule has 1 aliphatic rings. The second-order valence-corrected chi connectivity index (χ2v) is 4.59. The highest BCUT2D eigenvalue weighted by Gasteiger charge is 2.34. The number of carboxylic acid groups (broad SMARTS) is 1. The van der Waals surface area contributed by atoms with E-state index in [9.17, 15) is 14.7 Å². The maximum atomic E-state index is 11.6. The molecule has 6 nitrogen and oxygen atoms in total. The smallest absolute Gasteiger partial charge is 0.332 e. The second kappa shape index (κ2) is 5.97. The van der Waals surface area contributed by atoms with Crippen LogP contribution < -0.4 is 5.32 Å². The molecule has 0 aromatic heterocycles. The van der Waals surface area contributed by atoms with Gasteiger partial charge in [-0.15, -0.1) is 0 Å². The Bertz CT molecular complexity index is 292. The van der Waals surface area contributed by atoms with Crippen molar-refractivity contribution in [3.05, 3.63) is 0 Å². The van der Waals surface area contributed by atoms with Gasteiger partial charge < -0.3 is 20.3 Å². The third kappa shape index (κ3) is 3.98. The summed E-state index contributed by atoms with van der Waals surface area (Å²) in [5, 5.41) is 20.8. The Morgan fingerprint density at radius 1 is 1.35 bits per heavy atom. The quantitative estimate of drug-likeness (QED) is 0.621. The molecule has 98 valence electrons. The number of carboxylic acids is 1. The molecule has 0 bridgehead atoms. The van der Waals surface area contributed by atoms with Crippen LogP contribution in [0.5, 0.6) is 0 Å². The maximum absolute atomic E-state index is 11.6. The molecule has 3 atom stereocenters. The highest BCUT2D eigenvalue weighted by atomic mass is 16.5. The van der Waals surface area contributed by atoms with Crippen molar-refractivity contribution >= 4 is 11.9 Å². The third-order valence-electron chi connectivity index (χ3n) is 2.84. The number of rotatable bonds is 5. The number of aliphatic hydroxyl groups is 1. The van der Waals surface area contributed by atoms with Crippen LogP contribution in [0.15, 0.2) is 0 Å². The fraction of sp³-hybridized carbons (Fsp3) is 0.818.